The summed E-state index contributed by atoms with van der Waals surface area (Å²) in [5, 5.41) is 11.1. The first-order chi connectivity index (χ1) is 15.6. The quantitative estimate of drug-likeness (QED) is 0.276. The number of benzene rings is 2. The van der Waals surface area contributed by atoms with Crippen molar-refractivity contribution in [1.82, 2.24) is 5.32 Å². The Morgan fingerprint density at radius 1 is 0.486 bits per heavy atom. The zero-order valence-electron chi connectivity index (χ0n) is 22.7. The molecule has 35 heavy (non-hydrogen) atoms. The van der Waals surface area contributed by atoms with E-state index in [1.54, 1.807) is 0 Å². The van der Waals surface area contributed by atoms with Crippen molar-refractivity contribution >= 4 is 11.4 Å². The topological polar surface area (TPSA) is 36.1 Å². The van der Waals surface area contributed by atoms with E-state index in [0.717, 1.165) is 71.1 Å². The van der Waals surface area contributed by atoms with Crippen LogP contribution in [0.15, 0.2) is 24.3 Å². The molecule has 2 aromatic rings. The van der Waals surface area contributed by atoms with Gasteiger partial charge < -0.3 is 40.8 Å². The van der Waals surface area contributed by atoms with Gasteiger partial charge in [0.15, 0.2) is 0 Å². The van der Waals surface area contributed by atoms with E-state index in [2.05, 4.69) is 81.8 Å². The minimum atomic E-state index is 0. The summed E-state index contributed by atoms with van der Waals surface area (Å²) in [7, 11) is 0. The second kappa shape index (κ2) is 20.2. The van der Waals surface area contributed by atoms with Crippen LogP contribution in [-0.2, 0) is 55.3 Å². The average Bonchev–Trinajstić information content (AvgIpc) is 2.84. The Bertz CT molecular complexity index is 723. The summed E-state index contributed by atoms with van der Waals surface area (Å²) in [5.41, 5.74) is 11.5. The maximum atomic E-state index is 3.74. The Morgan fingerprint density at radius 3 is 1.20 bits per heavy atom. The van der Waals surface area contributed by atoms with Crippen LogP contribution in [0.1, 0.15) is 81.3 Å². The van der Waals surface area contributed by atoms with Crippen molar-refractivity contribution in [2.45, 2.75) is 86.5 Å². The van der Waals surface area contributed by atoms with E-state index in [4.69, 9.17) is 0 Å². The third-order valence-electron chi connectivity index (χ3n) is 6.50. The van der Waals surface area contributed by atoms with Crippen molar-refractivity contribution in [1.29, 1.82) is 0 Å². The van der Waals surface area contributed by atoms with Gasteiger partial charge in [0, 0.05) is 31.0 Å². The van der Waals surface area contributed by atoms with Crippen molar-refractivity contribution in [2.75, 3.05) is 36.8 Å². The number of nitrogens with one attached hydrogen (secondary N) is 3. The van der Waals surface area contributed by atoms with Crippen LogP contribution in [0.4, 0.5) is 11.4 Å². The van der Waals surface area contributed by atoms with Gasteiger partial charge in [-0.15, -0.1) is 0 Å². The third kappa shape index (κ3) is 10.9. The van der Waals surface area contributed by atoms with Crippen molar-refractivity contribution in [2.24, 2.45) is 0 Å². The Morgan fingerprint density at radius 2 is 0.857 bits per heavy atom. The van der Waals surface area contributed by atoms with Crippen LogP contribution >= 0.6 is 0 Å². The molecule has 3 nitrogen and oxygen atoms in total. The number of halogens is 2. The van der Waals surface area contributed by atoms with Crippen LogP contribution in [0, 0.1) is 0 Å². The summed E-state index contributed by atoms with van der Waals surface area (Å²) >= 11 is 0. The van der Waals surface area contributed by atoms with E-state index < -0.39 is 0 Å². The number of hydrogen-bond acceptors (Lipinski definition) is 3. The van der Waals surface area contributed by atoms with Crippen LogP contribution in [0.3, 0.4) is 0 Å². The second-order valence-electron chi connectivity index (χ2n) is 8.66. The first-order valence-electron chi connectivity index (χ1n) is 13.1. The molecule has 6 heteroatoms. The predicted molar refractivity (Wildman–Crippen MR) is 144 cm³/mol. The van der Waals surface area contributed by atoms with Gasteiger partial charge in [0.05, 0.1) is 0 Å². The predicted octanol–water partition coefficient (Wildman–Crippen LogP) is 0.570. The van der Waals surface area contributed by atoms with E-state index >= 15 is 0 Å². The fourth-order valence-corrected chi connectivity index (χ4v) is 4.49. The summed E-state index contributed by atoms with van der Waals surface area (Å²) < 4.78 is 0. The number of hydrogen-bond donors (Lipinski definition) is 3. The fraction of sp³-hybridized carbons (Fsp3) is 0.586. The standard InChI is InChI=1S/C29H47N3.2ClH.Co/c1-7-22-18-24(9-3)28(25(10-4)19-22)31-15-13-14-30-16-17-32-29-26(11-5)20-23(8-2)21-27(29)12-6;;;/h18-21,30-32H,7-17H2,1-6H3;2*1H;/q;;;+2/p-2. The van der Waals surface area contributed by atoms with Crippen LogP contribution in [0.2, 0.25) is 0 Å². The van der Waals surface area contributed by atoms with E-state index in [1.165, 1.54) is 44.8 Å². The number of anilines is 2. The Labute approximate surface area is 238 Å². The first-order valence-corrected chi connectivity index (χ1v) is 13.1. The Hall–Kier alpha value is -0.914. The zero-order chi connectivity index (χ0) is 23.3. The molecular formula is C29H47Cl2CoN3. The normalized spacial score (nSPS) is 10.1. The molecule has 1 radical (unpaired) electrons. The fourth-order valence-electron chi connectivity index (χ4n) is 4.49. The van der Waals surface area contributed by atoms with Gasteiger partial charge in [-0.1, -0.05) is 65.8 Å². The third-order valence-corrected chi connectivity index (χ3v) is 6.50. The molecule has 0 amide bonds. The van der Waals surface area contributed by atoms with Gasteiger partial charge in [0.25, 0.3) is 0 Å². The SMILES string of the molecule is CCc1cc(CC)c(NCCCNCCNc2c(CC)cc(CC)cc2CC)c(CC)c1.[Cl-].[Cl-].[Co+2]. The van der Waals surface area contributed by atoms with Crippen molar-refractivity contribution in [3.8, 4) is 0 Å². The van der Waals surface area contributed by atoms with Gasteiger partial charge in [0.2, 0.25) is 0 Å². The van der Waals surface area contributed by atoms with E-state index in [-0.39, 0.29) is 41.6 Å². The van der Waals surface area contributed by atoms with Crippen molar-refractivity contribution in [3.05, 3.63) is 57.6 Å². The maximum Gasteiger partial charge on any atom is 2.00 e. The summed E-state index contributed by atoms with van der Waals surface area (Å²) in [6.07, 6.45) is 7.70. The molecule has 0 aliphatic heterocycles. The first kappa shape index (κ1) is 36.2. The van der Waals surface area contributed by atoms with E-state index in [1.807, 2.05) is 0 Å². The van der Waals surface area contributed by atoms with Gasteiger partial charge in [-0.05, 0) is 84.9 Å². The maximum absolute atomic E-state index is 3.74. The largest absolute Gasteiger partial charge is 2.00 e. The Balaban J connectivity index is 0. The molecule has 0 aliphatic carbocycles. The van der Waals surface area contributed by atoms with Crippen LogP contribution in [0.5, 0.6) is 0 Å². The molecule has 2 rings (SSSR count). The van der Waals surface area contributed by atoms with Crippen molar-refractivity contribution in [3.63, 3.8) is 0 Å². The van der Waals surface area contributed by atoms with Crippen LogP contribution < -0.4 is 40.8 Å². The molecule has 0 fully saturated rings. The molecular weight excluding hydrogens is 520 g/mol. The van der Waals surface area contributed by atoms with Crippen molar-refractivity contribution < 1.29 is 41.6 Å². The number of rotatable bonds is 15. The molecule has 0 aromatic heterocycles. The second-order valence-corrected chi connectivity index (χ2v) is 8.66. The molecule has 3 N–H and O–H groups in total. The van der Waals surface area contributed by atoms with Gasteiger partial charge in [-0.2, -0.15) is 0 Å². The molecule has 0 atom stereocenters. The average molecular weight is 568 g/mol. The van der Waals surface area contributed by atoms with Crippen LogP contribution in [0.25, 0.3) is 0 Å². The summed E-state index contributed by atoms with van der Waals surface area (Å²) in [6, 6.07) is 9.52. The number of aryl methyl sites for hydroxylation is 6. The van der Waals surface area contributed by atoms with Gasteiger partial charge in [-0.3, -0.25) is 0 Å². The van der Waals surface area contributed by atoms with Gasteiger partial charge >= 0.3 is 16.8 Å². The molecule has 0 saturated carbocycles. The Kier molecular flexibility index (Phi) is 20.9. The van der Waals surface area contributed by atoms with E-state index in [9.17, 15) is 0 Å². The molecule has 0 bridgehead atoms. The summed E-state index contributed by atoms with van der Waals surface area (Å²) in [6.45, 7) is 17.6. The minimum absolute atomic E-state index is 0. The van der Waals surface area contributed by atoms with Gasteiger partial charge in [0.1, 0.15) is 0 Å². The molecule has 201 valence electrons. The molecule has 0 unspecified atom stereocenters. The summed E-state index contributed by atoms with van der Waals surface area (Å²) in [4.78, 5) is 0. The summed E-state index contributed by atoms with van der Waals surface area (Å²) in [5.74, 6) is 0. The van der Waals surface area contributed by atoms with E-state index in [0.29, 0.717) is 0 Å². The smallest absolute Gasteiger partial charge is 1.00 e. The molecule has 0 saturated heterocycles. The molecule has 0 heterocycles. The molecule has 0 aliphatic rings. The van der Waals surface area contributed by atoms with Gasteiger partial charge in [-0.25, -0.2) is 0 Å². The molecule has 2 aromatic carbocycles. The van der Waals surface area contributed by atoms with Crippen LogP contribution in [-0.4, -0.2) is 26.2 Å². The zero-order valence-corrected chi connectivity index (χ0v) is 25.2. The monoisotopic (exact) mass is 566 g/mol. The molecule has 0 spiro atoms. The minimum Gasteiger partial charge on any atom is -1.00 e.